The summed E-state index contributed by atoms with van der Waals surface area (Å²) in [5.41, 5.74) is 5.62. The van der Waals surface area contributed by atoms with Crippen molar-refractivity contribution in [2.24, 2.45) is 0 Å². The van der Waals surface area contributed by atoms with Gasteiger partial charge in [0.2, 0.25) is 0 Å². The molecule has 0 aromatic heterocycles. The Labute approximate surface area is 183 Å². The average molecular weight is 394 g/mol. The van der Waals surface area contributed by atoms with Crippen molar-refractivity contribution in [1.82, 2.24) is 0 Å². The molecule has 0 saturated heterocycles. The first-order chi connectivity index (χ1) is 12.6. The molecule has 148 valence electrons. The molecule has 0 fully saturated rings. The van der Waals surface area contributed by atoms with Crippen molar-refractivity contribution in [2.75, 3.05) is 20.3 Å². The van der Waals surface area contributed by atoms with Gasteiger partial charge in [0, 0.05) is 12.7 Å². The first-order valence-electron chi connectivity index (χ1n) is 9.29. The van der Waals surface area contributed by atoms with Crippen LogP contribution in [0.5, 0.6) is 5.75 Å². The van der Waals surface area contributed by atoms with Gasteiger partial charge in [-0.3, -0.25) is 4.79 Å². The van der Waals surface area contributed by atoms with Crippen LogP contribution in [0, 0.1) is 20.8 Å². The number of ether oxygens (including phenoxy) is 2. The summed E-state index contributed by atoms with van der Waals surface area (Å²) in [7, 11) is 1.77. The first kappa shape index (κ1) is 24.9. The molecule has 3 nitrogen and oxygen atoms in total. The molecule has 28 heavy (non-hydrogen) atoms. The summed E-state index contributed by atoms with van der Waals surface area (Å²) >= 11 is 0. The molecule has 1 unspecified atom stereocenters. The number of aryl methyl sites for hydroxylation is 3. The van der Waals surface area contributed by atoms with Crippen LogP contribution >= 0.6 is 8.58 Å². The molecule has 0 saturated carbocycles. The zero-order valence-corrected chi connectivity index (χ0v) is 18.5. The molecule has 2 aromatic carbocycles. The maximum absolute atomic E-state index is 13.0. The topological polar surface area (TPSA) is 35.5 Å². The predicted molar refractivity (Wildman–Crippen MR) is 123 cm³/mol. The van der Waals surface area contributed by atoms with Crippen molar-refractivity contribution in [3.8, 4) is 5.75 Å². The van der Waals surface area contributed by atoms with Gasteiger partial charge in [-0.15, -0.1) is 0 Å². The van der Waals surface area contributed by atoms with E-state index in [1.165, 1.54) is 5.56 Å². The average Bonchev–Trinajstić information content (AvgIpc) is 2.56. The van der Waals surface area contributed by atoms with Gasteiger partial charge in [0.05, 0.1) is 6.61 Å². The number of carbonyl (C=O) groups excluding carboxylic acids is 1. The summed E-state index contributed by atoms with van der Waals surface area (Å²) < 4.78 is 10.7. The molecular formula is C23H32LiO3P. The Morgan fingerprint density at radius 3 is 2.07 bits per heavy atom. The summed E-state index contributed by atoms with van der Waals surface area (Å²) in [6.07, 6.45) is 0. The van der Waals surface area contributed by atoms with Gasteiger partial charge in [-0.2, -0.15) is 0 Å². The Kier molecular flexibility index (Phi) is 9.45. The summed E-state index contributed by atoms with van der Waals surface area (Å²) in [5, 5.41) is 1.07. The molecule has 0 spiro atoms. The zero-order valence-electron chi connectivity index (χ0n) is 17.5. The third-order valence-electron chi connectivity index (χ3n) is 4.63. The van der Waals surface area contributed by atoms with Crippen molar-refractivity contribution in [3.63, 3.8) is 0 Å². The Morgan fingerprint density at radius 2 is 1.57 bits per heavy atom. The molecular weight excluding hydrogens is 362 g/mol. The molecule has 0 bridgehead atoms. The van der Waals surface area contributed by atoms with E-state index >= 15 is 0 Å². The van der Waals surface area contributed by atoms with Gasteiger partial charge in [-0.05, 0) is 74.5 Å². The number of rotatable bonds is 7. The summed E-state index contributed by atoms with van der Waals surface area (Å²) in [6, 6.07) is 10.2. The van der Waals surface area contributed by atoms with Gasteiger partial charge in [0.1, 0.15) is 12.4 Å². The number of hydrogen-bond acceptors (Lipinski definition) is 3. The van der Waals surface area contributed by atoms with Crippen molar-refractivity contribution in [1.29, 1.82) is 0 Å². The van der Waals surface area contributed by atoms with E-state index in [-0.39, 0.29) is 38.4 Å². The Hall–Kier alpha value is -1.10. The fourth-order valence-corrected chi connectivity index (χ4v) is 4.25. The Balaban J connectivity index is 0.00000392. The van der Waals surface area contributed by atoms with E-state index in [9.17, 15) is 4.79 Å². The van der Waals surface area contributed by atoms with Crippen LogP contribution in [-0.2, 0) is 10.2 Å². The number of hydrogen-bond donors (Lipinski definition) is 0. The molecule has 2 aromatic rings. The van der Waals surface area contributed by atoms with Gasteiger partial charge >= 0.3 is 18.9 Å². The van der Waals surface area contributed by atoms with Gasteiger partial charge in [-0.1, -0.05) is 39.0 Å². The predicted octanol–water partition coefficient (Wildman–Crippen LogP) is 4.43. The van der Waals surface area contributed by atoms with E-state index in [1.807, 2.05) is 39.0 Å². The fraction of sp³-hybridized carbons (Fsp3) is 0.435. The van der Waals surface area contributed by atoms with E-state index in [4.69, 9.17) is 9.47 Å². The van der Waals surface area contributed by atoms with Gasteiger partial charge in [0.25, 0.3) is 0 Å². The van der Waals surface area contributed by atoms with E-state index in [2.05, 4.69) is 32.9 Å². The molecule has 5 heteroatoms. The van der Waals surface area contributed by atoms with Crippen LogP contribution in [0.1, 0.15) is 53.4 Å². The van der Waals surface area contributed by atoms with E-state index in [0.29, 0.717) is 13.2 Å². The molecule has 0 aliphatic carbocycles. The number of carbonyl (C=O) groups is 1. The van der Waals surface area contributed by atoms with Crippen LogP contribution in [-0.4, -0.2) is 44.7 Å². The molecule has 0 amide bonds. The van der Waals surface area contributed by atoms with Gasteiger partial charge < -0.3 is 9.47 Å². The van der Waals surface area contributed by atoms with Crippen LogP contribution < -0.4 is 10.0 Å². The van der Waals surface area contributed by atoms with Crippen molar-refractivity contribution >= 4 is 38.3 Å². The minimum absolute atomic E-state index is 0. The second-order valence-corrected chi connectivity index (χ2v) is 9.25. The Morgan fingerprint density at radius 1 is 0.964 bits per heavy atom. The maximum atomic E-state index is 13.0. The van der Waals surface area contributed by atoms with Crippen LogP contribution in [0.4, 0.5) is 0 Å². The monoisotopic (exact) mass is 394 g/mol. The zero-order chi connectivity index (χ0) is 20.2. The molecule has 0 heterocycles. The van der Waals surface area contributed by atoms with Crippen LogP contribution in [0.3, 0.4) is 0 Å². The van der Waals surface area contributed by atoms with Crippen LogP contribution in [0.25, 0.3) is 0 Å². The molecule has 0 aliphatic rings. The standard InChI is InChI=1S/C23H31O3P.Li.H/c1-15-14-19(26-11-10-25-7)8-9-20(15)27-22(24)21-16(2)12-18(13-17(21)3)23(4,5)6;;/h8-9,12-14,27H,10-11H2,1-7H3;;. The minimum atomic E-state index is 0. The van der Waals surface area contributed by atoms with E-state index in [1.54, 1.807) is 7.11 Å². The second kappa shape index (κ2) is 10.6. The number of methoxy groups -OCH3 is 1. The molecule has 0 N–H and O–H groups in total. The van der Waals surface area contributed by atoms with Crippen LogP contribution in [0.15, 0.2) is 30.3 Å². The molecule has 2 rings (SSSR count). The quantitative estimate of drug-likeness (QED) is 0.396. The van der Waals surface area contributed by atoms with Crippen LogP contribution in [0.2, 0.25) is 0 Å². The second-order valence-electron chi connectivity index (χ2n) is 8.01. The SMILES string of the molecule is COCCOc1ccc(PC(=O)c2c(C)cc(C(C)(C)C)cc2C)c(C)c1.[LiH]. The first-order valence-corrected chi connectivity index (χ1v) is 10.3. The summed E-state index contributed by atoms with van der Waals surface area (Å²) in [5.74, 6) is 0.812. The third-order valence-corrected chi connectivity index (χ3v) is 5.94. The van der Waals surface area contributed by atoms with Crippen molar-refractivity contribution < 1.29 is 14.3 Å². The fourth-order valence-electron chi connectivity index (χ4n) is 3.05. The van der Waals surface area contributed by atoms with Crippen molar-refractivity contribution in [3.05, 3.63) is 58.1 Å². The van der Waals surface area contributed by atoms with Crippen molar-refractivity contribution in [2.45, 2.75) is 47.0 Å². The van der Waals surface area contributed by atoms with Gasteiger partial charge in [0.15, 0.2) is 5.52 Å². The number of benzene rings is 2. The van der Waals surface area contributed by atoms with E-state index < -0.39 is 0 Å². The summed E-state index contributed by atoms with van der Waals surface area (Å²) in [6.45, 7) is 13.8. The van der Waals surface area contributed by atoms with Gasteiger partial charge in [-0.25, -0.2) is 0 Å². The Bertz CT molecular complexity index is 802. The summed E-state index contributed by atoms with van der Waals surface area (Å²) in [4.78, 5) is 13.0. The normalized spacial score (nSPS) is 11.5. The molecule has 0 radical (unpaired) electrons. The molecule has 1 atom stereocenters. The third kappa shape index (κ3) is 6.46. The van der Waals surface area contributed by atoms with E-state index in [0.717, 1.165) is 33.3 Å². The molecule has 0 aliphatic heterocycles.